The predicted molar refractivity (Wildman–Crippen MR) is 44.6 cm³/mol. The minimum absolute atomic E-state index is 0.965. The molecule has 0 aliphatic heterocycles. The van der Waals surface area contributed by atoms with Crippen molar-refractivity contribution in [2.75, 3.05) is 10.7 Å². The third kappa shape index (κ3) is 6.52. The van der Waals surface area contributed by atoms with Crippen molar-refractivity contribution in [3.05, 3.63) is 0 Å². The van der Waals surface area contributed by atoms with Gasteiger partial charge in [-0.05, 0) is 0 Å². The van der Waals surface area contributed by atoms with Gasteiger partial charge in [0, 0.05) is 23.5 Å². The van der Waals surface area contributed by atoms with Crippen LogP contribution in [0.2, 0.25) is 0 Å². The average molecular weight is 240 g/mol. The first kappa shape index (κ1) is 8.52. The lowest BCUT2D eigenvalue weighted by Gasteiger charge is -1.76. The quantitative estimate of drug-likeness (QED) is 0.514. The largest absolute Gasteiger partial charge is 0.102 e. The summed E-state index contributed by atoms with van der Waals surface area (Å²) in [6.07, 6.45) is 1.93. The number of rotatable bonds is 2. The molecular formula is C6H8Br2. The zero-order chi connectivity index (χ0) is 6.24. The van der Waals surface area contributed by atoms with Gasteiger partial charge in [0.25, 0.3) is 0 Å². The Morgan fingerprint density at radius 3 is 1.50 bits per heavy atom. The molecular weight excluding hydrogens is 232 g/mol. The maximum absolute atomic E-state index is 3.29. The molecule has 0 heterocycles. The highest BCUT2D eigenvalue weighted by Gasteiger charge is 1.71. The van der Waals surface area contributed by atoms with E-state index in [1.807, 2.05) is 0 Å². The van der Waals surface area contributed by atoms with Crippen LogP contribution in [0.15, 0.2) is 0 Å². The van der Waals surface area contributed by atoms with Gasteiger partial charge in [-0.3, -0.25) is 0 Å². The van der Waals surface area contributed by atoms with Crippen LogP contribution in [0.3, 0.4) is 0 Å². The summed E-state index contributed by atoms with van der Waals surface area (Å²) in [4.78, 5) is 0. The number of hydrogen-bond acceptors (Lipinski definition) is 0. The predicted octanol–water partition coefficient (Wildman–Crippen LogP) is 2.56. The molecule has 0 aromatic carbocycles. The Balaban J connectivity index is 2.95. The monoisotopic (exact) mass is 238 g/mol. The molecule has 0 aromatic rings. The van der Waals surface area contributed by atoms with Crippen LogP contribution in [0.1, 0.15) is 12.8 Å². The molecule has 0 unspecified atom stereocenters. The van der Waals surface area contributed by atoms with E-state index in [0.717, 1.165) is 23.5 Å². The molecule has 0 atom stereocenters. The molecule has 0 aliphatic carbocycles. The Bertz CT molecular complexity index is 78.4. The highest BCUT2D eigenvalue weighted by atomic mass is 79.9. The van der Waals surface area contributed by atoms with Crippen molar-refractivity contribution >= 4 is 31.9 Å². The second kappa shape index (κ2) is 7.52. The van der Waals surface area contributed by atoms with E-state index in [1.165, 1.54) is 0 Å². The fraction of sp³-hybridized carbons (Fsp3) is 0.667. The lowest BCUT2D eigenvalue weighted by molar-refractivity contribution is 1.27. The van der Waals surface area contributed by atoms with Crippen molar-refractivity contribution in [3.8, 4) is 11.8 Å². The second-order valence-corrected chi connectivity index (χ2v) is 2.82. The van der Waals surface area contributed by atoms with Crippen molar-refractivity contribution in [2.24, 2.45) is 0 Å². The molecule has 0 saturated carbocycles. The summed E-state index contributed by atoms with van der Waals surface area (Å²) < 4.78 is 0. The van der Waals surface area contributed by atoms with Gasteiger partial charge in [0.2, 0.25) is 0 Å². The Labute approximate surface area is 67.3 Å². The fourth-order valence-corrected chi connectivity index (χ4v) is 0.668. The highest BCUT2D eigenvalue weighted by Crippen LogP contribution is 1.86. The van der Waals surface area contributed by atoms with Crippen molar-refractivity contribution in [1.82, 2.24) is 0 Å². The van der Waals surface area contributed by atoms with Crippen molar-refractivity contribution in [2.45, 2.75) is 12.8 Å². The van der Waals surface area contributed by atoms with Gasteiger partial charge >= 0.3 is 0 Å². The van der Waals surface area contributed by atoms with Crippen LogP contribution in [0.5, 0.6) is 0 Å². The van der Waals surface area contributed by atoms with Crippen LogP contribution in [-0.4, -0.2) is 10.7 Å². The van der Waals surface area contributed by atoms with Crippen molar-refractivity contribution in [3.63, 3.8) is 0 Å². The van der Waals surface area contributed by atoms with E-state index in [2.05, 4.69) is 43.7 Å². The summed E-state index contributed by atoms with van der Waals surface area (Å²) in [5, 5.41) is 1.98. The Kier molecular flexibility index (Phi) is 8.01. The third-order valence-electron chi connectivity index (χ3n) is 0.564. The van der Waals surface area contributed by atoms with Crippen LogP contribution in [0.4, 0.5) is 0 Å². The minimum atomic E-state index is 0.965. The standard InChI is InChI=1S/C6H8Br2/c7-5-3-1-2-4-6-8/h3-6H2. The molecule has 2 heteroatoms. The number of alkyl halides is 2. The number of halogens is 2. The van der Waals surface area contributed by atoms with Gasteiger partial charge < -0.3 is 0 Å². The first-order valence-electron chi connectivity index (χ1n) is 2.49. The van der Waals surface area contributed by atoms with E-state index in [4.69, 9.17) is 0 Å². The Morgan fingerprint density at radius 2 is 1.25 bits per heavy atom. The minimum Gasteiger partial charge on any atom is -0.102 e. The molecule has 8 heavy (non-hydrogen) atoms. The van der Waals surface area contributed by atoms with Gasteiger partial charge in [-0.15, -0.1) is 11.8 Å². The SMILES string of the molecule is BrCCC#CCCBr. The molecule has 0 aliphatic rings. The van der Waals surface area contributed by atoms with E-state index in [1.54, 1.807) is 0 Å². The molecule has 0 bridgehead atoms. The van der Waals surface area contributed by atoms with Gasteiger partial charge in [-0.25, -0.2) is 0 Å². The molecule has 0 fully saturated rings. The molecule has 0 spiro atoms. The summed E-state index contributed by atoms with van der Waals surface area (Å²) in [5.41, 5.74) is 0. The van der Waals surface area contributed by atoms with Gasteiger partial charge in [0.1, 0.15) is 0 Å². The zero-order valence-electron chi connectivity index (χ0n) is 4.58. The maximum atomic E-state index is 3.29. The van der Waals surface area contributed by atoms with E-state index in [9.17, 15) is 0 Å². The fourth-order valence-electron chi connectivity index (χ4n) is 0.271. The topological polar surface area (TPSA) is 0 Å². The first-order valence-corrected chi connectivity index (χ1v) is 4.73. The summed E-state index contributed by atoms with van der Waals surface area (Å²) in [6, 6.07) is 0. The van der Waals surface area contributed by atoms with Gasteiger partial charge in [0.15, 0.2) is 0 Å². The van der Waals surface area contributed by atoms with Gasteiger partial charge in [0.05, 0.1) is 0 Å². The molecule has 0 amide bonds. The van der Waals surface area contributed by atoms with Crippen molar-refractivity contribution < 1.29 is 0 Å². The lowest BCUT2D eigenvalue weighted by atomic mass is 10.4. The summed E-state index contributed by atoms with van der Waals surface area (Å²) in [6.45, 7) is 0. The van der Waals surface area contributed by atoms with Crippen LogP contribution in [0.25, 0.3) is 0 Å². The van der Waals surface area contributed by atoms with Crippen LogP contribution in [0, 0.1) is 11.8 Å². The van der Waals surface area contributed by atoms with Crippen molar-refractivity contribution in [1.29, 1.82) is 0 Å². The van der Waals surface area contributed by atoms with Crippen LogP contribution in [-0.2, 0) is 0 Å². The number of hydrogen-bond donors (Lipinski definition) is 0. The molecule has 0 N–H and O–H groups in total. The normalized spacial score (nSPS) is 7.75. The van der Waals surface area contributed by atoms with E-state index in [-0.39, 0.29) is 0 Å². The van der Waals surface area contributed by atoms with Gasteiger partial charge in [-0.1, -0.05) is 31.9 Å². The van der Waals surface area contributed by atoms with Gasteiger partial charge in [-0.2, -0.15) is 0 Å². The Morgan fingerprint density at radius 1 is 0.875 bits per heavy atom. The average Bonchev–Trinajstić information content (AvgIpc) is 1.81. The summed E-state index contributed by atoms with van der Waals surface area (Å²) in [7, 11) is 0. The molecule has 0 radical (unpaired) electrons. The highest BCUT2D eigenvalue weighted by molar-refractivity contribution is 9.09. The second-order valence-electron chi connectivity index (χ2n) is 1.23. The van der Waals surface area contributed by atoms with Crippen LogP contribution < -0.4 is 0 Å². The lowest BCUT2D eigenvalue weighted by Crippen LogP contribution is -1.68. The van der Waals surface area contributed by atoms with Crippen LogP contribution >= 0.6 is 31.9 Å². The molecule has 0 rings (SSSR count). The first-order chi connectivity index (χ1) is 3.91. The molecule has 0 aromatic heterocycles. The van der Waals surface area contributed by atoms with E-state index in [0.29, 0.717) is 0 Å². The van der Waals surface area contributed by atoms with E-state index >= 15 is 0 Å². The molecule has 0 nitrogen and oxygen atoms in total. The zero-order valence-corrected chi connectivity index (χ0v) is 7.76. The van der Waals surface area contributed by atoms with E-state index < -0.39 is 0 Å². The molecule has 0 saturated heterocycles. The third-order valence-corrected chi connectivity index (χ3v) is 1.36. The smallest absolute Gasteiger partial charge is 0.0186 e. The summed E-state index contributed by atoms with van der Waals surface area (Å²) >= 11 is 6.57. The molecule has 46 valence electrons. The maximum Gasteiger partial charge on any atom is 0.0186 e. The Hall–Kier alpha value is 0.520. The summed E-state index contributed by atoms with van der Waals surface area (Å²) in [5.74, 6) is 6.02.